The Morgan fingerprint density at radius 3 is 1.94 bits per heavy atom. The van der Waals surface area contributed by atoms with Gasteiger partial charge in [-0.3, -0.25) is 0 Å². The van der Waals surface area contributed by atoms with Crippen LogP contribution in [0.15, 0.2) is 0 Å². The molecule has 16 heavy (non-hydrogen) atoms. The molecule has 0 aliphatic rings. The lowest BCUT2D eigenvalue weighted by molar-refractivity contribution is 0.135. The fraction of sp³-hybridized carbons (Fsp3) is 1.00. The second-order valence-corrected chi connectivity index (χ2v) is 9.13. The smallest absolute Gasteiger partial charge is 0.262 e. The maximum Gasteiger partial charge on any atom is 0.262 e. The number of hydrogen-bond donors (Lipinski definition) is 0. The zero-order valence-corrected chi connectivity index (χ0v) is 13.2. The van der Waals surface area contributed by atoms with Crippen LogP contribution in [0, 0.1) is 11.8 Å². The third kappa shape index (κ3) is 11.0. The van der Waals surface area contributed by atoms with Crippen LogP contribution in [0.3, 0.4) is 0 Å². The van der Waals surface area contributed by atoms with E-state index in [-0.39, 0.29) is 0 Å². The molecule has 0 aromatic rings. The van der Waals surface area contributed by atoms with Crippen LogP contribution >= 0.6 is 0 Å². The first-order valence-electron chi connectivity index (χ1n) is 7.14. The van der Waals surface area contributed by atoms with Crippen LogP contribution in [-0.4, -0.2) is 27.4 Å². The van der Waals surface area contributed by atoms with Gasteiger partial charge in [0.05, 0.1) is 0 Å². The molecule has 0 aromatic heterocycles. The maximum atomic E-state index is 5.57. The minimum atomic E-state index is -0.481. The van der Waals surface area contributed by atoms with Gasteiger partial charge in [0.25, 0.3) is 14.1 Å². The molecule has 0 aliphatic carbocycles. The molecule has 0 spiro atoms. The molecule has 0 rings (SSSR count). The quantitative estimate of drug-likeness (QED) is 0.401. The van der Waals surface area contributed by atoms with Gasteiger partial charge in [0, 0.05) is 13.2 Å². The topological polar surface area (TPSA) is 9.23 Å². The Balaban J connectivity index is 3.65. The highest BCUT2D eigenvalue weighted by Crippen LogP contribution is 2.19. The highest BCUT2D eigenvalue weighted by molar-refractivity contribution is 6.58. The number of hydrogen-bond acceptors (Lipinski definition) is 1. The second-order valence-electron chi connectivity index (χ2n) is 5.88. The minimum Gasteiger partial charge on any atom is -0.382 e. The zero-order valence-electron chi connectivity index (χ0n) is 12.1. The normalized spacial score (nSPS) is 11.4. The summed E-state index contributed by atoms with van der Waals surface area (Å²) in [6.07, 6.45) is 2.45. The minimum absolute atomic E-state index is 0.481. The molecule has 0 radical (unpaired) electrons. The fourth-order valence-corrected chi connectivity index (χ4v) is 6.46. The van der Waals surface area contributed by atoms with Crippen LogP contribution in [0.4, 0.5) is 0 Å². The van der Waals surface area contributed by atoms with E-state index in [0.29, 0.717) is 0 Å². The molecule has 0 bridgehead atoms. The van der Waals surface area contributed by atoms with Crippen LogP contribution in [0.1, 0.15) is 47.5 Å². The summed E-state index contributed by atoms with van der Waals surface area (Å²) in [4.78, 5) is 0. The van der Waals surface area contributed by atoms with Gasteiger partial charge in [-0.1, -0.05) is 62.3 Å². The number of ether oxygens (including phenoxy) is 1. The molecule has 0 unspecified atom stereocenters. The molecule has 1 nitrogen and oxygen atoms in total. The molecule has 0 heterocycles. The van der Waals surface area contributed by atoms with Crippen molar-refractivity contribution in [2.75, 3.05) is 13.2 Å². The van der Waals surface area contributed by atoms with Crippen molar-refractivity contribution in [1.29, 1.82) is 0 Å². The molecule has 0 amide bonds. The van der Waals surface area contributed by atoms with Crippen LogP contribution in [0.2, 0.25) is 15.8 Å². The van der Waals surface area contributed by atoms with Crippen molar-refractivity contribution in [2.45, 2.75) is 63.3 Å². The lowest BCUT2D eigenvalue weighted by atomic mass is 10.3. The van der Waals surface area contributed by atoms with Gasteiger partial charge < -0.3 is 4.74 Å². The first-order valence-corrected chi connectivity index (χ1v) is 9.58. The summed E-state index contributed by atoms with van der Waals surface area (Å²) in [6.45, 7) is 13.6. The van der Waals surface area contributed by atoms with E-state index in [0.717, 1.165) is 31.5 Å². The van der Waals surface area contributed by atoms with E-state index in [1.165, 1.54) is 22.3 Å². The monoisotopic (exact) mass is 242 g/mol. The van der Waals surface area contributed by atoms with Gasteiger partial charge in [-0.25, -0.2) is 0 Å². The molecule has 2 heteroatoms. The molecule has 0 fully saturated rings. The van der Waals surface area contributed by atoms with Crippen molar-refractivity contribution in [1.82, 2.24) is 0 Å². The molecule has 0 saturated heterocycles. The fourth-order valence-electron chi connectivity index (χ4n) is 2.39. The third-order valence-electron chi connectivity index (χ3n) is 2.86. The largest absolute Gasteiger partial charge is 0.382 e. The Kier molecular flexibility index (Phi) is 11.0. The summed E-state index contributed by atoms with van der Waals surface area (Å²) in [5, 5.41) is 4.53. The van der Waals surface area contributed by atoms with Gasteiger partial charge in [0.15, 0.2) is 0 Å². The van der Waals surface area contributed by atoms with E-state index < -0.39 is 14.1 Å². The predicted molar refractivity (Wildman–Crippen MR) is 75.6 cm³/mol. The Labute approximate surface area is 107 Å². The Morgan fingerprint density at radius 2 is 1.50 bits per heavy atom. The number of rotatable bonds is 10. The van der Waals surface area contributed by atoms with Crippen molar-refractivity contribution in [3.8, 4) is 0 Å². The first-order chi connectivity index (χ1) is 7.56. The lowest BCUT2D eigenvalue weighted by Gasteiger charge is -2.16. The van der Waals surface area contributed by atoms with E-state index in [2.05, 4.69) is 34.6 Å². The van der Waals surface area contributed by atoms with Crippen LogP contribution < -0.4 is 0 Å². The van der Waals surface area contributed by atoms with Gasteiger partial charge >= 0.3 is 0 Å². The van der Waals surface area contributed by atoms with Crippen molar-refractivity contribution in [3.63, 3.8) is 0 Å². The SMILES string of the molecule is CCCOCC[CH2][Al]([CH2]C(C)C)[CH2]C(C)C. The van der Waals surface area contributed by atoms with Gasteiger partial charge in [0.2, 0.25) is 0 Å². The van der Waals surface area contributed by atoms with Crippen LogP contribution in [-0.2, 0) is 4.74 Å². The van der Waals surface area contributed by atoms with Crippen molar-refractivity contribution in [3.05, 3.63) is 0 Å². The molecule has 0 saturated carbocycles. The molecular weight excluding hydrogens is 211 g/mol. The van der Waals surface area contributed by atoms with Gasteiger partial charge in [0.1, 0.15) is 0 Å². The van der Waals surface area contributed by atoms with E-state index in [9.17, 15) is 0 Å². The van der Waals surface area contributed by atoms with Gasteiger partial charge in [-0.2, -0.15) is 0 Å². The molecule has 0 aromatic carbocycles. The summed E-state index contributed by atoms with van der Waals surface area (Å²) in [5.74, 6) is 1.79. The Hall–Kier alpha value is 0.492. The molecule has 0 atom stereocenters. The third-order valence-corrected chi connectivity index (χ3v) is 7.30. The summed E-state index contributed by atoms with van der Waals surface area (Å²) >= 11 is -0.481. The summed E-state index contributed by atoms with van der Waals surface area (Å²) in [7, 11) is 0. The van der Waals surface area contributed by atoms with Crippen LogP contribution in [0.25, 0.3) is 0 Å². The first kappa shape index (κ1) is 16.5. The molecule has 96 valence electrons. The highest BCUT2D eigenvalue weighted by Gasteiger charge is 2.19. The van der Waals surface area contributed by atoms with E-state index in [4.69, 9.17) is 4.74 Å². The Bertz CT molecular complexity index is 136. The summed E-state index contributed by atoms with van der Waals surface area (Å²) in [6, 6.07) is 0. The van der Waals surface area contributed by atoms with Crippen molar-refractivity contribution < 1.29 is 4.74 Å². The van der Waals surface area contributed by atoms with Gasteiger partial charge in [-0.05, 0) is 12.8 Å². The van der Waals surface area contributed by atoms with E-state index >= 15 is 0 Å². The van der Waals surface area contributed by atoms with E-state index in [1.807, 2.05) is 0 Å². The average molecular weight is 242 g/mol. The molecule has 0 N–H and O–H groups in total. The van der Waals surface area contributed by atoms with Crippen LogP contribution in [0.5, 0.6) is 0 Å². The lowest BCUT2D eigenvalue weighted by Crippen LogP contribution is -2.18. The van der Waals surface area contributed by atoms with Crippen molar-refractivity contribution >= 4 is 14.1 Å². The Morgan fingerprint density at radius 1 is 0.938 bits per heavy atom. The van der Waals surface area contributed by atoms with E-state index in [1.54, 1.807) is 0 Å². The van der Waals surface area contributed by atoms with Crippen molar-refractivity contribution in [2.24, 2.45) is 11.8 Å². The van der Waals surface area contributed by atoms with Gasteiger partial charge in [-0.15, -0.1) is 0 Å². The summed E-state index contributed by atoms with van der Waals surface area (Å²) in [5.41, 5.74) is 0. The highest BCUT2D eigenvalue weighted by atomic mass is 27.2. The second kappa shape index (κ2) is 10.6. The standard InChI is InChI=1S/C6H13O.2C4H9.Al/c1-3-5-7-6-4-2;2*1-4(2)3;/h1,3-6H2,2H3;2*4H,1H2,2-3H3;. The average Bonchev–Trinajstić information content (AvgIpc) is 2.15. The summed E-state index contributed by atoms with van der Waals surface area (Å²) < 4.78 is 5.57. The zero-order chi connectivity index (χ0) is 12.4. The molecule has 0 aliphatic heterocycles. The maximum absolute atomic E-state index is 5.57. The molecular formula is C14H31AlO. The predicted octanol–water partition coefficient (Wildman–Crippen LogP) is 4.61.